The molecule has 3 nitrogen and oxygen atoms in total. The Kier molecular flexibility index (Phi) is 5.69. The molecule has 0 aromatic rings. The molecule has 0 N–H and O–H groups in total. The van der Waals surface area contributed by atoms with Gasteiger partial charge < -0.3 is 9.80 Å². The molecule has 0 unspecified atom stereocenters. The highest BCUT2D eigenvalue weighted by molar-refractivity contribution is 5.79. The molecule has 0 aromatic heterocycles. The van der Waals surface area contributed by atoms with Gasteiger partial charge in [-0.05, 0) is 20.3 Å². The molecule has 0 aliphatic carbocycles. The molecule has 0 heterocycles. The standard InChI is InChI=1S/C12H27N3/c1-8-9-10-12(2,3)13-11(14(4)5)15(6)7/h8-10H2,1-7H3. The lowest BCUT2D eigenvalue weighted by molar-refractivity contribution is 0.416. The lowest BCUT2D eigenvalue weighted by atomic mass is 9.98. The van der Waals surface area contributed by atoms with Crippen LogP contribution < -0.4 is 0 Å². The fraction of sp³-hybridized carbons (Fsp3) is 0.917. The molecule has 3 heteroatoms. The van der Waals surface area contributed by atoms with Crippen molar-refractivity contribution in [1.82, 2.24) is 9.80 Å². The van der Waals surface area contributed by atoms with Gasteiger partial charge in [0.2, 0.25) is 0 Å². The van der Waals surface area contributed by atoms with Gasteiger partial charge in [-0.2, -0.15) is 0 Å². The average Bonchev–Trinajstić information content (AvgIpc) is 2.10. The van der Waals surface area contributed by atoms with Crippen LogP contribution in [0.5, 0.6) is 0 Å². The van der Waals surface area contributed by atoms with Crippen molar-refractivity contribution < 1.29 is 0 Å². The van der Waals surface area contributed by atoms with Crippen molar-refractivity contribution in [2.75, 3.05) is 28.2 Å². The molecule has 90 valence electrons. The Labute approximate surface area is 95.2 Å². The van der Waals surface area contributed by atoms with Gasteiger partial charge >= 0.3 is 0 Å². The smallest absolute Gasteiger partial charge is 0.196 e. The van der Waals surface area contributed by atoms with Crippen molar-refractivity contribution in [3.05, 3.63) is 0 Å². The maximum atomic E-state index is 4.81. The second kappa shape index (κ2) is 5.99. The average molecular weight is 213 g/mol. The lowest BCUT2D eigenvalue weighted by Crippen LogP contribution is -2.38. The second-order valence-electron chi connectivity index (χ2n) is 5.12. The molecule has 0 fully saturated rings. The molecule has 15 heavy (non-hydrogen) atoms. The number of rotatable bonds is 4. The van der Waals surface area contributed by atoms with Crippen LogP contribution in [0.2, 0.25) is 0 Å². The monoisotopic (exact) mass is 213 g/mol. The van der Waals surface area contributed by atoms with Gasteiger partial charge in [0.1, 0.15) is 0 Å². The first-order chi connectivity index (χ1) is 6.80. The molecule has 0 atom stereocenters. The predicted molar refractivity (Wildman–Crippen MR) is 68.4 cm³/mol. The molecule has 0 saturated heterocycles. The van der Waals surface area contributed by atoms with E-state index in [2.05, 4.69) is 30.6 Å². The zero-order chi connectivity index (χ0) is 12.1. The summed E-state index contributed by atoms with van der Waals surface area (Å²) >= 11 is 0. The van der Waals surface area contributed by atoms with Crippen molar-refractivity contribution in [3.8, 4) is 0 Å². The van der Waals surface area contributed by atoms with Gasteiger partial charge in [-0.25, -0.2) is 4.99 Å². The molecule has 0 amide bonds. The van der Waals surface area contributed by atoms with Gasteiger partial charge in [-0.1, -0.05) is 19.8 Å². The minimum absolute atomic E-state index is 0.0416. The normalized spacial score (nSPS) is 11.1. The summed E-state index contributed by atoms with van der Waals surface area (Å²) in [5.74, 6) is 1.04. The first-order valence-electron chi connectivity index (χ1n) is 5.74. The van der Waals surface area contributed by atoms with Gasteiger partial charge in [0.05, 0.1) is 5.54 Å². The molecule has 0 aliphatic rings. The van der Waals surface area contributed by atoms with E-state index in [1.165, 1.54) is 12.8 Å². The van der Waals surface area contributed by atoms with E-state index in [0.717, 1.165) is 12.4 Å². The molecule has 0 bridgehead atoms. The maximum absolute atomic E-state index is 4.81. The highest BCUT2D eigenvalue weighted by Crippen LogP contribution is 2.18. The molecule has 0 spiro atoms. The Hall–Kier alpha value is -0.730. The Bertz CT molecular complexity index is 195. The Morgan fingerprint density at radius 2 is 1.53 bits per heavy atom. The quantitative estimate of drug-likeness (QED) is 0.527. The van der Waals surface area contributed by atoms with Crippen LogP contribution in [0.15, 0.2) is 4.99 Å². The summed E-state index contributed by atoms with van der Waals surface area (Å²) in [6.45, 7) is 6.63. The molecule has 0 saturated carbocycles. The molecular weight excluding hydrogens is 186 g/mol. The Balaban J connectivity index is 4.64. The maximum Gasteiger partial charge on any atom is 0.196 e. The van der Waals surface area contributed by atoms with Crippen molar-refractivity contribution in [1.29, 1.82) is 0 Å². The third-order valence-corrected chi connectivity index (χ3v) is 2.34. The number of aliphatic imine (C=N–C) groups is 1. The van der Waals surface area contributed by atoms with Crippen LogP contribution in [0.3, 0.4) is 0 Å². The zero-order valence-corrected chi connectivity index (χ0v) is 11.5. The van der Waals surface area contributed by atoms with Crippen LogP contribution in [0.25, 0.3) is 0 Å². The fourth-order valence-corrected chi connectivity index (χ4v) is 1.54. The largest absolute Gasteiger partial charge is 0.349 e. The van der Waals surface area contributed by atoms with Crippen LogP contribution in [0.4, 0.5) is 0 Å². The third-order valence-electron chi connectivity index (χ3n) is 2.34. The Morgan fingerprint density at radius 3 is 1.87 bits per heavy atom. The minimum Gasteiger partial charge on any atom is -0.349 e. The van der Waals surface area contributed by atoms with Crippen molar-refractivity contribution in [3.63, 3.8) is 0 Å². The second-order valence-corrected chi connectivity index (χ2v) is 5.12. The summed E-state index contributed by atoms with van der Waals surface area (Å²) in [5.41, 5.74) is 0.0416. The number of hydrogen-bond acceptors (Lipinski definition) is 1. The van der Waals surface area contributed by atoms with Gasteiger partial charge in [-0.15, -0.1) is 0 Å². The highest BCUT2D eigenvalue weighted by Gasteiger charge is 2.18. The summed E-state index contributed by atoms with van der Waals surface area (Å²) in [5, 5.41) is 0. The van der Waals surface area contributed by atoms with Gasteiger partial charge in [-0.3, -0.25) is 0 Å². The zero-order valence-electron chi connectivity index (χ0n) is 11.5. The molecular formula is C12H27N3. The SMILES string of the molecule is CCCCC(C)(C)N=C(N(C)C)N(C)C. The van der Waals surface area contributed by atoms with Crippen LogP contribution in [0.1, 0.15) is 40.0 Å². The van der Waals surface area contributed by atoms with Crippen LogP contribution >= 0.6 is 0 Å². The number of unbranched alkanes of at least 4 members (excludes halogenated alkanes) is 1. The highest BCUT2D eigenvalue weighted by atomic mass is 15.3. The first-order valence-corrected chi connectivity index (χ1v) is 5.74. The summed E-state index contributed by atoms with van der Waals surface area (Å²) in [6.07, 6.45) is 3.62. The number of nitrogens with zero attached hydrogens (tertiary/aromatic N) is 3. The lowest BCUT2D eigenvalue weighted by Gasteiger charge is -2.28. The van der Waals surface area contributed by atoms with E-state index in [4.69, 9.17) is 4.99 Å². The van der Waals surface area contributed by atoms with E-state index in [1.807, 2.05) is 28.2 Å². The predicted octanol–water partition coefficient (Wildman–Crippen LogP) is 2.43. The van der Waals surface area contributed by atoms with E-state index < -0.39 is 0 Å². The van der Waals surface area contributed by atoms with Gasteiger partial charge in [0.15, 0.2) is 5.96 Å². The summed E-state index contributed by atoms with van der Waals surface area (Å²) in [4.78, 5) is 8.94. The van der Waals surface area contributed by atoms with Crippen LogP contribution in [-0.2, 0) is 0 Å². The fourth-order valence-electron chi connectivity index (χ4n) is 1.54. The molecule has 0 aromatic carbocycles. The van der Waals surface area contributed by atoms with Crippen molar-refractivity contribution in [2.45, 2.75) is 45.6 Å². The summed E-state index contributed by atoms with van der Waals surface area (Å²) in [7, 11) is 8.15. The van der Waals surface area contributed by atoms with E-state index in [9.17, 15) is 0 Å². The molecule has 0 rings (SSSR count). The van der Waals surface area contributed by atoms with Gasteiger partial charge in [0.25, 0.3) is 0 Å². The van der Waals surface area contributed by atoms with E-state index in [-0.39, 0.29) is 5.54 Å². The molecule has 0 aliphatic heterocycles. The third kappa shape index (κ3) is 5.65. The van der Waals surface area contributed by atoms with E-state index in [0.29, 0.717) is 0 Å². The number of hydrogen-bond donors (Lipinski definition) is 0. The number of guanidine groups is 1. The molecule has 0 radical (unpaired) electrons. The van der Waals surface area contributed by atoms with Crippen LogP contribution in [-0.4, -0.2) is 49.5 Å². The van der Waals surface area contributed by atoms with Crippen LogP contribution in [0, 0.1) is 0 Å². The van der Waals surface area contributed by atoms with E-state index >= 15 is 0 Å². The minimum atomic E-state index is 0.0416. The summed E-state index contributed by atoms with van der Waals surface area (Å²) < 4.78 is 0. The Morgan fingerprint density at radius 1 is 1.07 bits per heavy atom. The van der Waals surface area contributed by atoms with Crippen molar-refractivity contribution in [2.24, 2.45) is 4.99 Å². The summed E-state index contributed by atoms with van der Waals surface area (Å²) in [6, 6.07) is 0. The van der Waals surface area contributed by atoms with Crippen molar-refractivity contribution >= 4 is 5.96 Å². The van der Waals surface area contributed by atoms with Gasteiger partial charge in [0, 0.05) is 28.2 Å². The topological polar surface area (TPSA) is 18.8 Å². The van der Waals surface area contributed by atoms with E-state index in [1.54, 1.807) is 0 Å². The first kappa shape index (κ1) is 14.3.